The molecule has 0 spiro atoms. The second-order valence-electron chi connectivity index (χ2n) is 7.20. The molecule has 0 aliphatic carbocycles. The molecular weight excluding hydrogens is 456 g/mol. The van der Waals surface area contributed by atoms with E-state index in [4.69, 9.17) is 0 Å². The number of benzene rings is 2. The van der Waals surface area contributed by atoms with Crippen LogP contribution in [-0.2, 0) is 14.6 Å². The number of anilines is 1. The lowest BCUT2D eigenvalue weighted by atomic mass is 10.3. The van der Waals surface area contributed by atoms with Crippen LogP contribution in [0.25, 0.3) is 10.2 Å². The highest BCUT2D eigenvalue weighted by atomic mass is 32.2. The molecule has 172 valence electrons. The lowest BCUT2D eigenvalue weighted by molar-refractivity contribution is -0.118. The van der Waals surface area contributed by atoms with Crippen LogP contribution in [0.5, 0.6) is 0 Å². The first-order chi connectivity index (χ1) is 15.2. The molecule has 0 saturated carbocycles. The molecule has 0 unspecified atom stereocenters. The molecule has 1 heterocycles. The summed E-state index contributed by atoms with van der Waals surface area (Å²) in [5, 5.41) is 0.405. The summed E-state index contributed by atoms with van der Waals surface area (Å²) in [5.74, 6) is -1.71. The van der Waals surface area contributed by atoms with Crippen molar-refractivity contribution in [1.29, 1.82) is 0 Å². The molecule has 1 amide bonds. The number of nitrogens with zero attached hydrogens (tertiary/aromatic N) is 3. The van der Waals surface area contributed by atoms with E-state index in [1.807, 2.05) is 13.8 Å². The third kappa shape index (κ3) is 5.87. The van der Waals surface area contributed by atoms with Gasteiger partial charge < -0.3 is 4.90 Å². The molecule has 0 radical (unpaired) electrons. The SMILES string of the molecule is CCN(CC)CCN(C(=O)CCS(=O)(=O)c1ccc(F)cc1)c1nc2ccc(F)cc2s1. The second kappa shape index (κ2) is 10.5. The predicted octanol–water partition coefficient (Wildman–Crippen LogP) is 4.11. The number of thiazole rings is 1. The number of likely N-dealkylation sites (N-methyl/N-ethyl adjacent to an activating group) is 1. The summed E-state index contributed by atoms with van der Waals surface area (Å²) in [6.45, 7) is 6.58. The molecule has 0 aliphatic rings. The maximum atomic E-state index is 13.6. The summed E-state index contributed by atoms with van der Waals surface area (Å²) in [7, 11) is -3.75. The zero-order valence-corrected chi connectivity index (χ0v) is 19.6. The number of carbonyl (C=O) groups is 1. The van der Waals surface area contributed by atoms with E-state index in [1.54, 1.807) is 6.07 Å². The van der Waals surface area contributed by atoms with Crippen molar-refractivity contribution in [2.45, 2.75) is 25.2 Å². The van der Waals surface area contributed by atoms with Gasteiger partial charge in [-0.25, -0.2) is 22.2 Å². The molecule has 0 saturated heterocycles. The summed E-state index contributed by atoms with van der Waals surface area (Å²) in [5.41, 5.74) is 0.575. The van der Waals surface area contributed by atoms with Gasteiger partial charge in [-0.2, -0.15) is 0 Å². The van der Waals surface area contributed by atoms with Gasteiger partial charge in [0.05, 0.1) is 20.9 Å². The first-order valence-electron chi connectivity index (χ1n) is 10.3. The minimum absolute atomic E-state index is 0.0307. The van der Waals surface area contributed by atoms with Crippen LogP contribution in [0.3, 0.4) is 0 Å². The fraction of sp³-hybridized carbons (Fsp3) is 0.364. The molecule has 3 rings (SSSR count). The van der Waals surface area contributed by atoms with Crippen LogP contribution in [0.1, 0.15) is 20.3 Å². The molecule has 32 heavy (non-hydrogen) atoms. The van der Waals surface area contributed by atoms with Gasteiger partial charge in [0.25, 0.3) is 0 Å². The van der Waals surface area contributed by atoms with E-state index in [1.165, 1.54) is 40.5 Å². The average Bonchev–Trinajstić information content (AvgIpc) is 3.18. The van der Waals surface area contributed by atoms with Crippen molar-refractivity contribution in [2.24, 2.45) is 0 Å². The number of sulfone groups is 1. The third-order valence-electron chi connectivity index (χ3n) is 5.16. The van der Waals surface area contributed by atoms with Crippen LogP contribution < -0.4 is 4.90 Å². The minimum Gasteiger partial charge on any atom is -0.302 e. The number of aromatic nitrogens is 1. The van der Waals surface area contributed by atoms with E-state index in [-0.39, 0.29) is 23.0 Å². The van der Waals surface area contributed by atoms with Crippen molar-refractivity contribution in [2.75, 3.05) is 36.8 Å². The molecule has 1 aromatic heterocycles. The number of hydrogen-bond donors (Lipinski definition) is 0. The fourth-order valence-corrected chi connectivity index (χ4v) is 5.49. The number of rotatable bonds is 10. The Bertz CT molecular complexity index is 1180. The second-order valence-corrected chi connectivity index (χ2v) is 10.3. The molecule has 2 aromatic carbocycles. The van der Waals surface area contributed by atoms with E-state index in [0.29, 0.717) is 28.4 Å². The van der Waals surface area contributed by atoms with Crippen LogP contribution in [0.4, 0.5) is 13.9 Å². The zero-order valence-electron chi connectivity index (χ0n) is 17.9. The summed E-state index contributed by atoms with van der Waals surface area (Å²) in [4.78, 5) is 21.1. The molecule has 0 atom stereocenters. The van der Waals surface area contributed by atoms with Crippen molar-refractivity contribution >= 4 is 42.4 Å². The maximum Gasteiger partial charge on any atom is 0.229 e. The topological polar surface area (TPSA) is 70.6 Å². The molecule has 6 nitrogen and oxygen atoms in total. The van der Waals surface area contributed by atoms with Crippen molar-refractivity contribution < 1.29 is 22.0 Å². The first-order valence-corrected chi connectivity index (χ1v) is 12.8. The van der Waals surface area contributed by atoms with Crippen molar-refractivity contribution in [1.82, 2.24) is 9.88 Å². The van der Waals surface area contributed by atoms with Gasteiger partial charge in [-0.05, 0) is 55.6 Å². The van der Waals surface area contributed by atoms with Crippen molar-refractivity contribution in [3.8, 4) is 0 Å². The normalized spacial score (nSPS) is 11.9. The molecule has 3 aromatic rings. The number of halogens is 2. The highest BCUT2D eigenvalue weighted by Crippen LogP contribution is 2.30. The Kier molecular flexibility index (Phi) is 7.91. The largest absolute Gasteiger partial charge is 0.302 e. The Hall–Kier alpha value is -2.43. The molecule has 0 bridgehead atoms. The van der Waals surface area contributed by atoms with E-state index < -0.39 is 21.4 Å². The fourth-order valence-electron chi connectivity index (χ4n) is 3.23. The zero-order chi connectivity index (χ0) is 23.3. The molecule has 0 aliphatic heterocycles. The first kappa shape index (κ1) is 24.2. The monoisotopic (exact) mass is 481 g/mol. The standard InChI is InChI=1S/C22H25F2N3O3S2/c1-3-26(4-2)12-13-27(22-25-19-10-7-17(24)15-20(19)31-22)21(28)11-14-32(29,30)18-8-5-16(23)6-9-18/h5-10,15H,3-4,11-14H2,1-2H3. The summed E-state index contributed by atoms with van der Waals surface area (Å²) >= 11 is 1.19. The van der Waals surface area contributed by atoms with Crippen LogP contribution in [0, 0.1) is 11.6 Å². The van der Waals surface area contributed by atoms with Gasteiger partial charge >= 0.3 is 0 Å². The number of fused-ring (bicyclic) bond motifs is 1. The van der Waals surface area contributed by atoms with Crippen molar-refractivity contribution in [3.63, 3.8) is 0 Å². The van der Waals surface area contributed by atoms with Crippen LogP contribution in [0.15, 0.2) is 47.4 Å². The highest BCUT2D eigenvalue weighted by Gasteiger charge is 2.24. The summed E-state index contributed by atoms with van der Waals surface area (Å²) in [6, 6.07) is 8.75. The minimum atomic E-state index is -3.75. The quantitative estimate of drug-likeness (QED) is 0.408. The Balaban J connectivity index is 1.81. The van der Waals surface area contributed by atoms with Gasteiger partial charge in [-0.1, -0.05) is 25.2 Å². The Morgan fingerprint density at radius 2 is 1.66 bits per heavy atom. The molecule has 0 N–H and O–H groups in total. The van der Waals surface area contributed by atoms with Crippen LogP contribution >= 0.6 is 11.3 Å². The Morgan fingerprint density at radius 1 is 1.00 bits per heavy atom. The van der Waals surface area contributed by atoms with E-state index in [9.17, 15) is 22.0 Å². The maximum absolute atomic E-state index is 13.6. The number of carbonyl (C=O) groups excluding carboxylic acids is 1. The Labute approximate surface area is 190 Å². The van der Waals surface area contributed by atoms with Gasteiger partial charge in [-0.15, -0.1) is 0 Å². The average molecular weight is 482 g/mol. The van der Waals surface area contributed by atoms with Gasteiger partial charge in [0, 0.05) is 19.5 Å². The third-order valence-corrected chi connectivity index (χ3v) is 7.94. The van der Waals surface area contributed by atoms with Gasteiger partial charge in [-0.3, -0.25) is 9.69 Å². The van der Waals surface area contributed by atoms with E-state index in [2.05, 4.69) is 9.88 Å². The Morgan fingerprint density at radius 3 is 2.31 bits per heavy atom. The van der Waals surface area contributed by atoms with Gasteiger partial charge in [0.15, 0.2) is 15.0 Å². The van der Waals surface area contributed by atoms with E-state index >= 15 is 0 Å². The number of hydrogen-bond acceptors (Lipinski definition) is 6. The van der Waals surface area contributed by atoms with Crippen LogP contribution in [0.2, 0.25) is 0 Å². The summed E-state index contributed by atoms with van der Waals surface area (Å²) in [6.07, 6.45) is -0.248. The molecule has 0 fully saturated rings. The molecular formula is C22H25F2N3O3S2. The van der Waals surface area contributed by atoms with Crippen LogP contribution in [-0.4, -0.2) is 56.1 Å². The van der Waals surface area contributed by atoms with E-state index in [0.717, 1.165) is 25.2 Å². The number of amides is 1. The lowest BCUT2D eigenvalue weighted by Gasteiger charge is -2.24. The van der Waals surface area contributed by atoms with Gasteiger partial charge in [0.1, 0.15) is 11.6 Å². The molecule has 10 heteroatoms. The van der Waals surface area contributed by atoms with Crippen molar-refractivity contribution in [3.05, 3.63) is 54.1 Å². The predicted molar refractivity (Wildman–Crippen MR) is 123 cm³/mol. The smallest absolute Gasteiger partial charge is 0.229 e. The summed E-state index contributed by atoms with van der Waals surface area (Å²) < 4.78 is 52.5. The highest BCUT2D eigenvalue weighted by molar-refractivity contribution is 7.91. The lowest BCUT2D eigenvalue weighted by Crippen LogP contribution is -2.39. The van der Waals surface area contributed by atoms with Gasteiger partial charge in [0.2, 0.25) is 5.91 Å².